The van der Waals surface area contributed by atoms with E-state index in [2.05, 4.69) is 10.6 Å². The molecule has 0 aliphatic carbocycles. The van der Waals surface area contributed by atoms with Crippen LogP contribution in [-0.4, -0.2) is 58.2 Å². The van der Waals surface area contributed by atoms with E-state index in [1.807, 2.05) is 6.92 Å². The lowest BCUT2D eigenvalue weighted by molar-refractivity contribution is -0.138. The second kappa shape index (κ2) is 9.18. The van der Waals surface area contributed by atoms with Crippen molar-refractivity contribution in [2.45, 2.75) is 50.5 Å². The van der Waals surface area contributed by atoms with Gasteiger partial charge < -0.3 is 31.3 Å². The molecule has 1 aromatic rings. The Morgan fingerprint density at radius 3 is 2.25 bits per heavy atom. The van der Waals surface area contributed by atoms with E-state index in [1.165, 1.54) is 12.1 Å². The van der Waals surface area contributed by atoms with Gasteiger partial charge in [0.2, 0.25) is 11.8 Å². The number of carboxylic acid groups (broad SMARTS) is 1. The zero-order valence-electron chi connectivity index (χ0n) is 15.3. The van der Waals surface area contributed by atoms with Gasteiger partial charge in [0.25, 0.3) is 5.91 Å². The van der Waals surface area contributed by atoms with Crippen LogP contribution in [0.2, 0.25) is 0 Å². The summed E-state index contributed by atoms with van der Waals surface area (Å²) in [6.45, 7) is 1.81. The van der Waals surface area contributed by atoms with E-state index in [0.717, 1.165) is 0 Å². The van der Waals surface area contributed by atoms with Crippen LogP contribution in [0.1, 0.15) is 25.3 Å². The first-order chi connectivity index (χ1) is 13.2. The van der Waals surface area contributed by atoms with Crippen LogP contribution in [0.5, 0.6) is 5.75 Å². The van der Waals surface area contributed by atoms with Crippen LogP contribution < -0.4 is 16.4 Å². The quantitative estimate of drug-likeness (QED) is 0.319. The number of aliphatic carboxylic acids is 1. The molecular weight excluding hydrogens is 370 g/mol. The molecule has 0 saturated carbocycles. The number of phenolic OH excluding ortho intramolecular Hbond substituents is 1. The Hall–Kier alpha value is -3.14. The zero-order valence-corrected chi connectivity index (χ0v) is 15.3. The summed E-state index contributed by atoms with van der Waals surface area (Å²) in [6, 6.07) is 4.11. The molecule has 10 heteroatoms. The fourth-order valence-corrected chi connectivity index (χ4v) is 2.67. The number of carboxylic acids is 1. The summed E-state index contributed by atoms with van der Waals surface area (Å²) in [5, 5.41) is 23.1. The van der Waals surface area contributed by atoms with E-state index >= 15 is 0 Å². The maximum atomic E-state index is 12.6. The Morgan fingerprint density at radius 1 is 1.11 bits per heavy atom. The molecule has 1 aliphatic rings. The summed E-state index contributed by atoms with van der Waals surface area (Å²) in [5.41, 5.74) is 6.05. The highest BCUT2D eigenvalue weighted by Crippen LogP contribution is 2.22. The molecule has 1 aromatic carbocycles. The number of ether oxygens (including phenoxy) is 1. The van der Waals surface area contributed by atoms with Crippen molar-refractivity contribution < 1.29 is 34.1 Å². The molecule has 1 fully saturated rings. The highest BCUT2D eigenvalue weighted by atomic mass is 16.6. The maximum absolute atomic E-state index is 12.6. The molecule has 1 aliphatic heterocycles. The lowest BCUT2D eigenvalue weighted by atomic mass is 10.0. The molecule has 4 atom stereocenters. The van der Waals surface area contributed by atoms with Crippen LogP contribution in [0.4, 0.5) is 0 Å². The Bertz CT molecular complexity index is 750. The second-order valence-electron chi connectivity index (χ2n) is 6.50. The second-order valence-corrected chi connectivity index (χ2v) is 6.50. The number of phenols is 1. The Balaban J connectivity index is 1.99. The average Bonchev–Trinajstić information content (AvgIpc) is 3.43. The normalized spacial score (nSPS) is 19.9. The first-order valence-electron chi connectivity index (χ1n) is 8.79. The monoisotopic (exact) mass is 393 g/mol. The number of hydrogen-bond acceptors (Lipinski definition) is 6. The van der Waals surface area contributed by atoms with Crippen molar-refractivity contribution in [2.24, 2.45) is 5.73 Å². The van der Waals surface area contributed by atoms with Gasteiger partial charge in [-0.15, -0.1) is 0 Å². The van der Waals surface area contributed by atoms with E-state index in [4.69, 9.17) is 15.6 Å². The molecule has 0 unspecified atom stereocenters. The fourth-order valence-electron chi connectivity index (χ4n) is 2.67. The molecule has 152 valence electrons. The third-order valence-corrected chi connectivity index (χ3v) is 4.24. The van der Waals surface area contributed by atoms with Gasteiger partial charge in [-0.3, -0.25) is 14.4 Å². The minimum absolute atomic E-state index is 0.0658. The lowest BCUT2D eigenvalue weighted by Gasteiger charge is -2.21. The smallest absolute Gasteiger partial charge is 0.336 e. The molecule has 1 saturated heterocycles. The predicted octanol–water partition coefficient (Wildman–Crippen LogP) is -0.958. The number of aromatic hydroxyl groups is 1. The van der Waals surface area contributed by atoms with Crippen molar-refractivity contribution in [3.05, 3.63) is 29.8 Å². The van der Waals surface area contributed by atoms with Gasteiger partial charge in [0.05, 0.1) is 0 Å². The van der Waals surface area contributed by atoms with Crippen molar-refractivity contribution in [3.8, 4) is 5.75 Å². The fraction of sp³-hybridized carbons (Fsp3) is 0.444. The van der Waals surface area contributed by atoms with Crippen LogP contribution in [0, 0.1) is 0 Å². The highest BCUT2D eigenvalue weighted by Gasteiger charge is 2.51. The van der Waals surface area contributed by atoms with Gasteiger partial charge in [0.1, 0.15) is 17.8 Å². The van der Waals surface area contributed by atoms with Gasteiger partial charge in [-0.1, -0.05) is 25.5 Å². The standard InChI is InChI=1S/C18H23N3O7/c1-2-3-11(20-17(25)13-14(28-13)18(26)27)16(24)21-12(15(19)23)8-9-4-6-10(22)7-5-9/h4-7,11-14,22H,2-3,8H2,1H3,(H2,19,23)(H,20,25)(H,21,24)(H,26,27)/t11-,12-,13+,14+/m0/s1. The Kier molecular flexibility index (Phi) is 6.94. The van der Waals surface area contributed by atoms with Crippen molar-refractivity contribution in [1.29, 1.82) is 0 Å². The third kappa shape index (κ3) is 5.68. The minimum Gasteiger partial charge on any atom is -0.508 e. The lowest BCUT2D eigenvalue weighted by Crippen LogP contribution is -2.54. The van der Waals surface area contributed by atoms with Gasteiger partial charge in [-0.2, -0.15) is 0 Å². The minimum atomic E-state index is -1.25. The van der Waals surface area contributed by atoms with Gasteiger partial charge in [0, 0.05) is 6.42 Å². The first kappa shape index (κ1) is 21.2. The van der Waals surface area contributed by atoms with Crippen LogP contribution in [0.25, 0.3) is 0 Å². The number of epoxide rings is 1. The van der Waals surface area contributed by atoms with Crippen molar-refractivity contribution >= 4 is 23.7 Å². The van der Waals surface area contributed by atoms with Crippen LogP contribution >= 0.6 is 0 Å². The van der Waals surface area contributed by atoms with Crippen molar-refractivity contribution in [3.63, 3.8) is 0 Å². The molecule has 0 spiro atoms. The molecule has 2 rings (SSSR count). The molecule has 10 nitrogen and oxygen atoms in total. The number of amides is 3. The van der Waals surface area contributed by atoms with E-state index in [-0.39, 0.29) is 18.6 Å². The molecular formula is C18H23N3O7. The summed E-state index contributed by atoms with van der Waals surface area (Å²) in [5.74, 6) is -3.24. The number of carbonyl (C=O) groups is 4. The van der Waals surface area contributed by atoms with Crippen molar-refractivity contribution in [1.82, 2.24) is 10.6 Å². The summed E-state index contributed by atoms with van der Waals surface area (Å²) in [6.07, 6.45) is -1.38. The van der Waals surface area contributed by atoms with Crippen molar-refractivity contribution in [2.75, 3.05) is 0 Å². The van der Waals surface area contributed by atoms with Crippen LogP contribution in [-0.2, 0) is 30.3 Å². The predicted molar refractivity (Wildman–Crippen MR) is 96.1 cm³/mol. The Labute approximate surface area is 161 Å². The summed E-state index contributed by atoms with van der Waals surface area (Å²) >= 11 is 0. The number of hydrogen-bond donors (Lipinski definition) is 5. The van der Waals surface area contributed by atoms with E-state index < -0.39 is 48.0 Å². The topological polar surface area (TPSA) is 171 Å². The zero-order chi connectivity index (χ0) is 20.8. The number of primary amides is 1. The van der Waals surface area contributed by atoms with Crippen LogP contribution in [0.3, 0.4) is 0 Å². The largest absolute Gasteiger partial charge is 0.508 e. The van der Waals surface area contributed by atoms with Gasteiger partial charge >= 0.3 is 5.97 Å². The number of benzene rings is 1. The third-order valence-electron chi connectivity index (χ3n) is 4.24. The molecule has 0 bridgehead atoms. The summed E-state index contributed by atoms with van der Waals surface area (Å²) in [4.78, 5) is 47.1. The SMILES string of the molecule is CCC[C@H](NC(=O)[C@@H]1O[C@H]1C(=O)O)C(=O)N[C@@H](Cc1ccc(O)cc1)C(N)=O. The summed E-state index contributed by atoms with van der Waals surface area (Å²) < 4.78 is 4.77. The number of nitrogens with one attached hydrogen (secondary N) is 2. The van der Waals surface area contributed by atoms with Gasteiger partial charge in [0.15, 0.2) is 12.2 Å². The molecule has 0 radical (unpaired) electrons. The molecule has 1 heterocycles. The maximum Gasteiger partial charge on any atom is 0.336 e. The van der Waals surface area contributed by atoms with E-state index in [0.29, 0.717) is 12.0 Å². The molecule has 3 amide bonds. The first-order valence-corrected chi connectivity index (χ1v) is 8.79. The van der Waals surface area contributed by atoms with E-state index in [1.54, 1.807) is 12.1 Å². The number of nitrogens with two attached hydrogens (primary N) is 1. The molecule has 0 aromatic heterocycles. The van der Waals surface area contributed by atoms with Crippen LogP contribution in [0.15, 0.2) is 24.3 Å². The summed E-state index contributed by atoms with van der Waals surface area (Å²) in [7, 11) is 0. The number of rotatable bonds is 10. The van der Waals surface area contributed by atoms with E-state index in [9.17, 15) is 24.3 Å². The molecule has 6 N–H and O–H groups in total. The van der Waals surface area contributed by atoms with Gasteiger partial charge in [-0.25, -0.2) is 4.79 Å². The highest BCUT2D eigenvalue weighted by molar-refractivity contribution is 5.96. The average molecular weight is 393 g/mol. The molecule has 28 heavy (non-hydrogen) atoms. The number of carbonyl (C=O) groups excluding carboxylic acids is 3. The van der Waals surface area contributed by atoms with Gasteiger partial charge in [-0.05, 0) is 24.1 Å². The Morgan fingerprint density at radius 2 is 1.75 bits per heavy atom.